The Balaban J connectivity index is 1.75. The summed E-state index contributed by atoms with van der Waals surface area (Å²) in [6.45, 7) is 6.04. The average molecular weight is 346 g/mol. The highest BCUT2D eigenvalue weighted by atomic mass is 16.2. The first-order valence-electron chi connectivity index (χ1n) is 8.97. The molecule has 1 unspecified atom stereocenters. The van der Waals surface area contributed by atoms with Crippen molar-refractivity contribution in [2.24, 2.45) is 11.7 Å². The van der Waals surface area contributed by atoms with Crippen LogP contribution in [-0.2, 0) is 17.8 Å². The van der Waals surface area contributed by atoms with Gasteiger partial charge in [0.2, 0.25) is 5.91 Å². The standard InChI is InChI=1S/C19H30N4O2/c1-14(2)17(20)9-10-22(3)18(24)12-21-19(25)23-11-8-15-6-4-5-7-16(15)13-23/h4-7,14,17H,8-13,20H2,1-3H3,(H,21,25). The number of benzene rings is 1. The average Bonchev–Trinajstić information content (AvgIpc) is 2.62. The lowest BCUT2D eigenvalue weighted by molar-refractivity contribution is -0.128. The zero-order chi connectivity index (χ0) is 18.4. The van der Waals surface area contributed by atoms with Gasteiger partial charge in [-0.1, -0.05) is 38.1 Å². The Labute approximate surface area is 150 Å². The zero-order valence-corrected chi connectivity index (χ0v) is 15.5. The molecule has 1 aromatic rings. The normalized spacial score (nSPS) is 14.8. The molecule has 0 fully saturated rings. The fourth-order valence-corrected chi connectivity index (χ4v) is 2.87. The number of nitrogens with two attached hydrogens (primary N) is 1. The van der Waals surface area contributed by atoms with Crippen molar-refractivity contribution >= 4 is 11.9 Å². The molecule has 0 aromatic heterocycles. The number of likely N-dealkylation sites (N-methyl/N-ethyl adjacent to an activating group) is 1. The number of amides is 3. The summed E-state index contributed by atoms with van der Waals surface area (Å²) in [7, 11) is 1.75. The third kappa shape index (κ3) is 5.46. The SMILES string of the molecule is CC(C)C(N)CCN(C)C(=O)CNC(=O)N1CCc2ccccc2C1. The number of fused-ring (bicyclic) bond motifs is 1. The van der Waals surface area contributed by atoms with Crippen molar-refractivity contribution in [2.75, 3.05) is 26.7 Å². The Kier molecular flexibility index (Phi) is 6.82. The van der Waals surface area contributed by atoms with E-state index in [9.17, 15) is 9.59 Å². The lowest BCUT2D eigenvalue weighted by Crippen LogP contribution is -2.46. The van der Waals surface area contributed by atoms with Crippen molar-refractivity contribution in [1.82, 2.24) is 15.1 Å². The number of rotatable bonds is 6. The van der Waals surface area contributed by atoms with E-state index in [1.54, 1.807) is 16.8 Å². The molecule has 2 rings (SSSR count). The van der Waals surface area contributed by atoms with E-state index in [1.807, 2.05) is 18.2 Å². The maximum absolute atomic E-state index is 12.3. The Morgan fingerprint density at radius 3 is 2.64 bits per heavy atom. The van der Waals surface area contributed by atoms with Gasteiger partial charge in [-0.05, 0) is 29.9 Å². The number of hydrogen-bond donors (Lipinski definition) is 2. The van der Waals surface area contributed by atoms with Crippen LogP contribution in [0, 0.1) is 5.92 Å². The van der Waals surface area contributed by atoms with Crippen molar-refractivity contribution in [3.63, 3.8) is 0 Å². The van der Waals surface area contributed by atoms with Gasteiger partial charge in [-0.3, -0.25) is 4.79 Å². The summed E-state index contributed by atoms with van der Waals surface area (Å²) in [4.78, 5) is 27.9. The molecule has 0 saturated heterocycles. The monoisotopic (exact) mass is 346 g/mol. The molecule has 6 heteroatoms. The number of nitrogens with one attached hydrogen (secondary N) is 1. The zero-order valence-electron chi connectivity index (χ0n) is 15.5. The second kappa shape index (κ2) is 8.85. The Morgan fingerprint density at radius 1 is 1.28 bits per heavy atom. The molecule has 1 aliphatic heterocycles. The van der Waals surface area contributed by atoms with Crippen LogP contribution in [0.15, 0.2) is 24.3 Å². The van der Waals surface area contributed by atoms with E-state index in [-0.39, 0.29) is 24.5 Å². The van der Waals surface area contributed by atoms with Crippen LogP contribution in [0.5, 0.6) is 0 Å². The van der Waals surface area contributed by atoms with Crippen LogP contribution in [0.25, 0.3) is 0 Å². The van der Waals surface area contributed by atoms with Crippen LogP contribution in [0.2, 0.25) is 0 Å². The molecular weight excluding hydrogens is 316 g/mol. The molecule has 0 bridgehead atoms. The minimum atomic E-state index is -0.185. The van der Waals surface area contributed by atoms with Crippen molar-refractivity contribution in [3.05, 3.63) is 35.4 Å². The smallest absolute Gasteiger partial charge is 0.318 e. The summed E-state index contributed by atoms with van der Waals surface area (Å²) >= 11 is 0. The first-order chi connectivity index (χ1) is 11.9. The number of nitrogens with zero attached hydrogens (tertiary/aromatic N) is 2. The van der Waals surface area contributed by atoms with Gasteiger partial charge in [-0.25, -0.2) is 4.79 Å². The summed E-state index contributed by atoms with van der Waals surface area (Å²) in [5, 5.41) is 2.74. The van der Waals surface area contributed by atoms with E-state index in [2.05, 4.69) is 25.2 Å². The van der Waals surface area contributed by atoms with Gasteiger partial charge < -0.3 is 20.9 Å². The maximum Gasteiger partial charge on any atom is 0.318 e. The van der Waals surface area contributed by atoms with Crippen LogP contribution >= 0.6 is 0 Å². The summed E-state index contributed by atoms with van der Waals surface area (Å²) < 4.78 is 0. The van der Waals surface area contributed by atoms with E-state index >= 15 is 0 Å². The Morgan fingerprint density at radius 2 is 1.96 bits per heavy atom. The molecule has 0 radical (unpaired) electrons. The fourth-order valence-electron chi connectivity index (χ4n) is 2.87. The minimum Gasteiger partial charge on any atom is -0.344 e. The molecule has 0 saturated carbocycles. The summed E-state index contributed by atoms with van der Waals surface area (Å²) in [6.07, 6.45) is 1.61. The summed E-state index contributed by atoms with van der Waals surface area (Å²) in [6, 6.07) is 8.05. The van der Waals surface area contributed by atoms with Crippen LogP contribution < -0.4 is 11.1 Å². The molecule has 6 nitrogen and oxygen atoms in total. The second-order valence-corrected chi connectivity index (χ2v) is 7.11. The highest BCUT2D eigenvalue weighted by Gasteiger charge is 2.21. The molecule has 1 atom stereocenters. The Hall–Kier alpha value is -2.08. The number of urea groups is 1. The molecule has 138 valence electrons. The van der Waals surface area contributed by atoms with E-state index in [0.29, 0.717) is 25.6 Å². The van der Waals surface area contributed by atoms with Gasteiger partial charge in [0.05, 0.1) is 6.54 Å². The largest absolute Gasteiger partial charge is 0.344 e. The lowest BCUT2D eigenvalue weighted by atomic mass is 10.0. The Bertz CT molecular complexity index is 603. The first kappa shape index (κ1) is 19.2. The highest BCUT2D eigenvalue weighted by molar-refractivity contribution is 5.84. The number of hydrogen-bond acceptors (Lipinski definition) is 3. The topological polar surface area (TPSA) is 78.7 Å². The summed E-state index contributed by atoms with van der Waals surface area (Å²) in [5.41, 5.74) is 8.48. The van der Waals surface area contributed by atoms with Crippen LogP contribution in [0.4, 0.5) is 4.79 Å². The lowest BCUT2D eigenvalue weighted by Gasteiger charge is -2.29. The summed E-state index contributed by atoms with van der Waals surface area (Å²) in [5.74, 6) is 0.298. The van der Waals surface area contributed by atoms with Gasteiger partial charge in [-0.2, -0.15) is 0 Å². The molecule has 0 aliphatic carbocycles. The highest BCUT2D eigenvalue weighted by Crippen LogP contribution is 2.18. The van der Waals surface area contributed by atoms with Crippen molar-refractivity contribution in [2.45, 2.75) is 39.3 Å². The quantitative estimate of drug-likeness (QED) is 0.821. The van der Waals surface area contributed by atoms with Crippen molar-refractivity contribution < 1.29 is 9.59 Å². The third-order valence-electron chi connectivity index (χ3n) is 4.89. The fraction of sp³-hybridized carbons (Fsp3) is 0.579. The first-order valence-corrected chi connectivity index (χ1v) is 8.97. The van der Waals surface area contributed by atoms with Crippen LogP contribution in [0.3, 0.4) is 0 Å². The number of carbonyl (C=O) groups is 2. The van der Waals surface area contributed by atoms with Gasteiger partial charge in [0.15, 0.2) is 0 Å². The van der Waals surface area contributed by atoms with E-state index in [4.69, 9.17) is 5.73 Å². The van der Waals surface area contributed by atoms with Crippen molar-refractivity contribution in [3.8, 4) is 0 Å². The second-order valence-electron chi connectivity index (χ2n) is 7.11. The van der Waals surface area contributed by atoms with Gasteiger partial charge >= 0.3 is 6.03 Å². The minimum absolute atomic E-state index is 0.0183. The van der Waals surface area contributed by atoms with Crippen LogP contribution in [0.1, 0.15) is 31.4 Å². The molecule has 25 heavy (non-hydrogen) atoms. The van der Waals surface area contributed by atoms with Gasteiger partial charge in [0, 0.05) is 32.7 Å². The molecular formula is C19H30N4O2. The molecule has 0 spiro atoms. The van der Waals surface area contributed by atoms with E-state index in [1.165, 1.54) is 11.1 Å². The van der Waals surface area contributed by atoms with Gasteiger partial charge in [0.1, 0.15) is 0 Å². The predicted octanol–water partition coefficient (Wildman–Crippen LogP) is 1.59. The van der Waals surface area contributed by atoms with E-state index in [0.717, 1.165) is 12.8 Å². The molecule has 3 N–H and O–H groups in total. The molecule has 1 aromatic carbocycles. The van der Waals surface area contributed by atoms with Crippen molar-refractivity contribution in [1.29, 1.82) is 0 Å². The maximum atomic E-state index is 12.3. The van der Waals surface area contributed by atoms with E-state index < -0.39 is 0 Å². The third-order valence-corrected chi connectivity index (χ3v) is 4.89. The van der Waals surface area contributed by atoms with Gasteiger partial charge in [-0.15, -0.1) is 0 Å². The van der Waals surface area contributed by atoms with Crippen LogP contribution in [-0.4, -0.2) is 54.5 Å². The molecule has 1 aliphatic rings. The molecule has 3 amide bonds. The predicted molar refractivity (Wildman–Crippen MR) is 99.0 cm³/mol. The number of carbonyl (C=O) groups excluding carboxylic acids is 2. The molecule has 1 heterocycles. The van der Waals surface area contributed by atoms with Gasteiger partial charge in [0.25, 0.3) is 0 Å².